The maximum Gasteiger partial charge on any atom is 0.333 e. The maximum atomic E-state index is 2.89. The predicted octanol–water partition coefficient (Wildman–Crippen LogP) is 18.8. The van der Waals surface area contributed by atoms with Crippen LogP contribution in [0.15, 0.2) is 115 Å². The van der Waals surface area contributed by atoms with Gasteiger partial charge in [-0.2, -0.15) is 0 Å². The Morgan fingerprint density at radius 1 is 0.351 bits per heavy atom. The van der Waals surface area contributed by atoms with Gasteiger partial charge in [-0.25, -0.2) is 0 Å². The number of benzene rings is 7. The van der Waals surface area contributed by atoms with Gasteiger partial charge in [-0.15, -0.1) is 0 Å². The zero-order chi connectivity index (χ0) is 54.1. The monoisotopic (exact) mass is 1010 g/mol. The lowest BCUT2D eigenvalue weighted by molar-refractivity contribution is 0.332. The van der Waals surface area contributed by atoms with E-state index < -0.39 is 0 Å². The molecule has 14 rings (SSSR count). The number of aromatic nitrogens is 1. The van der Waals surface area contributed by atoms with Crippen molar-refractivity contribution in [2.45, 2.75) is 205 Å². The molecule has 392 valence electrons. The van der Waals surface area contributed by atoms with Crippen LogP contribution in [0, 0.1) is 0 Å². The molecule has 7 aromatic carbocycles. The molecule has 0 fully saturated rings. The second-order valence-corrected chi connectivity index (χ2v) is 30.7. The second-order valence-electron chi connectivity index (χ2n) is 30.7. The lowest BCUT2D eigenvalue weighted by Gasteiger charge is -2.48. The third kappa shape index (κ3) is 6.92. The van der Waals surface area contributed by atoms with Crippen LogP contribution in [0.1, 0.15) is 207 Å². The molecule has 77 heavy (non-hydrogen) atoms. The fourth-order valence-corrected chi connectivity index (χ4v) is 16.4. The second kappa shape index (κ2) is 15.5. The standard InChI is InChI=1S/C74H83BN2/c1-67(2)28-29-68(3,4)53-36-47(26-27-52(53)67)77-62-42-58-54(69(5,6)30-34-73(58,13)14)38-49(62)50-37-48(46-24-22-45(23-25-46)44-20-18-17-19-21-44)64-51-39-55-57(72(11,12)33-31-70(55,7)8)41-61(51)76-63-43-59-56(71(9,10)32-35-74(59,15)16)40-60(63)75(77)65(50)66(64)76/h17-27,36-43H,28-35H2,1-16H3. The average molecular weight is 1010 g/mol. The third-order valence-electron chi connectivity index (χ3n) is 22.0. The molecule has 0 spiro atoms. The molecule has 0 saturated heterocycles. The number of hydrogen-bond donors (Lipinski definition) is 0. The first-order valence-corrected chi connectivity index (χ1v) is 29.8. The number of rotatable bonds is 3. The van der Waals surface area contributed by atoms with Gasteiger partial charge in [0.1, 0.15) is 0 Å². The van der Waals surface area contributed by atoms with Gasteiger partial charge in [-0.3, -0.25) is 0 Å². The van der Waals surface area contributed by atoms with Crippen LogP contribution in [0.3, 0.4) is 0 Å². The van der Waals surface area contributed by atoms with Crippen LogP contribution >= 0.6 is 0 Å². The molecule has 0 saturated carbocycles. The van der Waals surface area contributed by atoms with E-state index in [9.17, 15) is 0 Å². The summed E-state index contributed by atoms with van der Waals surface area (Å²) in [4.78, 5) is 2.89. The molecule has 0 radical (unpaired) electrons. The van der Waals surface area contributed by atoms with E-state index in [1.807, 2.05) is 0 Å². The van der Waals surface area contributed by atoms with E-state index in [1.165, 1.54) is 179 Å². The summed E-state index contributed by atoms with van der Waals surface area (Å²) in [5, 5.41) is 2.79. The first kappa shape index (κ1) is 49.5. The third-order valence-corrected chi connectivity index (χ3v) is 22.0. The first-order chi connectivity index (χ1) is 36.1. The highest BCUT2D eigenvalue weighted by Crippen LogP contribution is 2.57. The Morgan fingerprint density at radius 3 is 1.35 bits per heavy atom. The molecule has 0 N–H and O–H groups in total. The van der Waals surface area contributed by atoms with Gasteiger partial charge < -0.3 is 9.38 Å². The molecule has 0 amide bonds. The van der Waals surface area contributed by atoms with Crippen molar-refractivity contribution in [1.29, 1.82) is 0 Å². The van der Waals surface area contributed by atoms with Gasteiger partial charge in [0.2, 0.25) is 0 Å². The van der Waals surface area contributed by atoms with Gasteiger partial charge in [-0.05, 0) is 226 Å². The number of anilines is 2. The zero-order valence-electron chi connectivity index (χ0n) is 49.6. The van der Waals surface area contributed by atoms with Crippen molar-refractivity contribution in [3.8, 4) is 39.1 Å². The lowest BCUT2D eigenvalue weighted by atomic mass is 9.43. The van der Waals surface area contributed by atoms with E-state index in [1.54, 1.807) is 0 Å². The van der Waals surface area contributed by atoms with E-state index >= 15 is 0 Å². The van der Waals surface area contributed by atoms with Crippen molar-refractivity contribution in [2.24, 2.45) is 0 Å². The maximum absolute atomic E-state index is 2.89. The van der Waals surface area contributed by atoms with Crippen LogP contribution in [0.4, 0.5) is 11.4 Å². The summed E-state index contributed by atoms with van der Waals surface area (Å²) in [5.74, 6) is 0. The Hall–Kier alpha value is -5.80. The highest BCUT2D eigenvalue weighted by atomic mass is 15.1. The first-order valence-electron chi connectivity index (χ1n) is 29.8. The van der Waals surface area contributed by atoms with Crippen molar-refractivity contribution in [3.63, 3.8) is 0 Å². The molecule has 0 unspecified atom stereocenters. The number of fused-ring (bicyclic) bond motifs is 12. The van der Waals surface area contributed by atoms with Gasteiger partial charge in [0.25, 0.3) is 0 Å². The topological polar surface area (TPSA) is 8.17 Å². The molecular formula is C74H83BN2. The summed E-state index contributed by atoms with van der Waals surface area (Å²) in [6.07, 6.45) is 9.45. The number of nitrogens with zero attached hydrogens (tertiary/aromatic N) is 2. The predicted molar refractivity (Wildman–Crippen MR) is 332 cm³/mol. The van der Waals surface area contributed by atoms with Crippen molar-refractivity contribution in [2.75, 3.05) is 4.81 Å². The molecule has 2 aliphatic heterocycles. The van der Waals surface area contributed by atoms with Gasteiger partial charge in [-0.1, -0.05) is 178 Å². The molecule has 6 aliphatic rings. The number of hydrogen-bond acceptors (Lipinski definition) is 1. The molecule has 0 bridgehead atoms. The van der Waals surface area contributed by atoms with E-state index in [2.05, 4.69) is 235 Å². The fraction of sp³-hybridized carbons (Fsp3) is 0.432. The summed E-state index contributed by atoms with van der Waals surface area (Å²) in [7, 11) is 0. The molecule has 4 aliphatic carbocycles. The largest absolute Gasteiger partial charge is 0.376 e. The smallest absolute Gasteiger partial charge is 0.333 e. The minimum Gasteiger partial charge on any atom is -0.376 e. The van der Waals surface area contributed by atoms with E-state index in [0.29, 0.717) is 0 Å². The molecule has 3 heterocycles. The van der Waals surface area contributed by atoms with Gasteiger partial charge >= 0.3 is 6.85 Å². The highest BCUT2D eigenvalue weighted by molar-refractivity contribution is 6.93. The van der Waals surface area contributed by atoms with E-state index in [4.69, 9.17) is 0 Å². The van der Waals surface area contributed by atoms with Crippen LogP contribution < -0.4 is 15.7 Å². The van der Waals surface area contributed by atoms with Gasteiger partial charge in [0.15, 0.2) is 0 Å². The minimum absolute atomic E-state index is 0.0358. The quantitative estimate of drug-likeness (QED) is 0.160. The summed E-state index contributed by atoms with van der Waals surface area (Å²) in [6.45, 7) is 40.1. The van der Waals surface area contributed by atoms with Crippen LogP contribution in [-0.2, 0) is 43.3 Å². The normalized spacial score (nSPS) is 21.6. The van der Waals surface area contributed by atoms with Crippen LogP contribution in [0.2, 0.25) is 0 Å². The molecular weight excluding hydrogens is 928 g/mol. The summed E-state index contributed by atoms with van der Waals surface area (Å²) < 4.78 is 2.83. The Kier molecular flexibility index (Phi) is 9.97. The molecule has 0 atom stereocenters. The van der Waals surface area contributed by atoms with Crippen molar-refractivity contribution >= 4 is 51.0 Å². The summed E-state index contributed by atoms with van der Waals surface area (Å²) in [5.41, 5.74) is 30.2. The lowest BCUT2D eigenvalue weighted by Crippen LogP contribution is -2.61. The summed E-state index contributed by atoms with van der Waals surface area (Å²) >= 11 is 0. The average Bonchev–Trinajstić information content (AvgIpc) is 3.76. The van der Waals surface area contributed by atoms with Crippen molar-refractivity contribution in [1.82, 2.24) is 4.57 Å². The summed E-state index contributed by atoms with van der Waals surface area (Å²) in [6, 6.07) is 47.3. The van der Waals surface area contributed by atoms with Crippen molar-refractivity contribution < 1.29 is 0 Å². The van der Waals surface area contributed by atoms with Crippen LogP contribution in [0.25, 0.3) is 60.9 Å². The Balaban J connectivity index is 1.19. The highest BCUT2D eigenvalue weighted by Gasteiger charge is 2.50. The van der Waals surface area contributed by atoms with Crippen molar-refractivity contribution in [3.05, 3.63) is 160 Å². The Labute approximate surface area is 462 Å². The molecule has 2 nitrogen and oxygen atoms in total. The molecule has 1 aromatic heterocycles. The van der Waals surface area contributed by atoms with Crippen LogP contribution in [0.5, 0.6) is 0 Å². The van der Waals surface area contributed by atoms with Gasteiger partial charge in [0.05, 0.1) is 11.0 Å². The minimum atomic E-state index is -0.0644. The zero-order valence-corrected chi connectivity index (χ0v) is 49.6. The van der Waals surface area contributed by atoms with E-state index in [0.717, 1.165) is 0 Å². The van der Waals surface area contributed by atoms with Gasteiger partial charge in [0, 0.05) is 33.4 Å². The molecule has 3 heteroatoms. The molecule has 8 aromatic rings. The van der Waals surface area contributed by atoms with Crippen LogP contribution in [-0.4, -0.2) is 11.4 Å². The SMILES string of the molecule is CC1(C)CCC(C)(C)c2cc(N3B4c5cc6c(cc5-n5c7cc8c(cc7c7c(-c9ccc(-c%10ccccc%10)cc9)cc(c4c75)-c4cc5c(cc43)C(C)(C)CCC5(C)C)C(C)(C)CCC8(C)C)C(C)(C)CCC6(C)C)ccc21. The van der Waals surface area contributed by atoms with E-state index in [-0.39, 0.29) is 50.2 Å². The Bertz CT molecular complexity index is 3860. The Morgan fingerprint density at radius 2 is 0.792 bits per heavy atom. The fourth-order valence-electron chi connectivity index (χ4n) is 16.4.